The molecule has 1 aliphatic carbocycles. The van der Waals surface area contributed by atoms with Gasteiger partial charge in [-0.2, -0.15) is 0 Å². The van der Waals surface area contributed by atoms with Gasteiger partial charge in [-0.05, 0) is 60.4 Å². The number of pyridine rings is 1. The van der Waals surface area contributed by atoms with Gasteiger partial charge in [0.2, 0.25) is 0 Å². The molecule has 3 aromatic carbocycles. The number of hydrogen-bond donors (Lipinski definition) is 0. The summed E-state index contributed by atoms with van der Waals surface area (Å²) in [5.74, 6) is 0.390. The van der Waals surface area contributed by atoms with Crippen molar-refractivity contribution in [2.24, 2.45) is 5.41 Å². The average molecular weight is 557 g/mol. The lowest BCUT2D eigenvalue weighted by atomic mass is 9.88. The monoisotopic (exact) mass is 556 g/mol. The van der Waals surface area contributed by atoms with Crippen LogP contribution in [0.3, 0.4) is 0 Å². The highest BCUT2D eigenvalue weighted by atomic mass is 19.1. The number of carbonyl (C=O) groups is 3. The third kappa shape index (κ3) is 5.81. The first kappa shape index (κ1) is 27.9. The minimum absolute atomic E-state index is 0.106. The molecular formula is C32H29FN2O6. The van der Waals surface area contributed by atoms with Crippen LogP contribution in [0, 0.1) is 11.2 Å². The van der Waals surface area contributed by atoms with Crippen molar-refractivity contribution in [2.75, 3.05) is 21.3 Å². The molecule has 4 aromatic rings. The first-order valence-electron chi connectivity index (χ1n) is 13.1. The fraction of sp³-hybridized carbons (Fsp3) is 0.250. The molecule has 8 nitrogen and oxygen atoms in total. The van der Waals surface area contributed by atoms with Gasteiger partial charge in [-0.1, -0.05) is 24.3 Å². The van der Waals surface area contributed by atoms with Crippen LogP contribution >= 0.6 is 0 Å². The van der Waals surface area contributed by atoms with E-state index in [4.69, 9.17) is 14.3 Å². The third-order valence-corrected chi connectivity index (χ3v) is 7.42. The Kier molecular flexibility index (Phi) is 7.81. The van der Waals surface area contributed by atoms with E-state index in [2.05, 4.69) is 4.98 Å². The number of carbonyl (C=O) groups excluding carboxylic acids is 3. The highest BCUT2D eigenvalue weighted by Gasteiger charge is 2.54. The summed E-state index contributed by atoms with van der Waals surface area (Å²) in [5.41, 5.74) is 1.38. The van der Waals surface area contributed by atoms with Crippen LogP contribution in [0.4, 0.5) is 4.39 Å². The number of methoxy groups -OCH3 is 1. The summed E-state index contributed by atoms with van der Waals surface area (Å²) in [6.45, 7) is 0. The van der Waals surface area contributed by atoms with Gasteiger partial charge in [-0.3, -0.25) is 24.2 Å². The normalized spacial score (nSPS) is 13.5. The van der Waals surface area contributed by atoms with Gasteiger partial charge in [0, 0.05) is 37.5 Å². The predicted octanol–water partition coefficient (Wildman–Crippen LogP) is 5.51. The van der Waals surface area contributed by atoms with Gasteiger partial charge in [0.15, 0.2) is 11.6 Å². The minimum atomic E-state index is -0.952. The Morgan fingerprint density at radius 2 is 1.49 bits per heavy atom. The maximum Gasteiger partial charge on any atom is 0.280 e. The largest absolute Gasteiger partial charge is 0.496 e. The number of nitrogens with zero attached hydrogens (tertiary/aromatic N) is 2. The van der Waals surface area contributed by atoms with E-state index in [-0.39, 0.29) is 36.1 Å². The maximum absolute atomic E-state index is 13.2. The lowest BCUT2D eigenvalue weighted by Gasteiger charge is -2.17. The van der Waals surface area contributed by atoms with Crippen LogP contribution in [0.2, 0.25) is 0 Å². The molecule has 5 rings (SSSR count). The smallest absolute Gasteiger partial charge is 0.280 e. The zero-order chi connectivity index (χ0) is 29.1. The second-order valence-electron chi connectivity index (χ2n) is 10.0. The van der Waals surface area contributed by atoms with E-state index in [0.717, 1.165) is 10.6 Å². The Balaban J connectivity index is 1.30. The van der Waals surface area contributed by atoms with Gasteiger partial charge in [-0.25, -0.2) is 9.45 Å². The summed E-state index contributed by atoms with van der Waals surface area (Å²) in [6.07, 6.45) is 2.92. The number of Topliss-reactive ketones (excluding diaryl/α,β-unsaturated/α-hetero) is 2. The Morgan fingerprint density at radius 3 is 2.05 bits per heavy atom. The van der Waals surface area contributed by atoms with Crippen LogP contribution in [0.5, 0.6) is 17.2 Å². The van der Waals surface area contributed by atoms with Crippen LogP contribution in [0.1, 0.15) is 34.3 Å². The molecule has 0 spiro atoms. The van der Waals surface area contributed by atoms with E-state index in [1.807, 2.05) is 0 Å². The number of fused-ring (bicyclic) bond motifs is 1. The van der Waals surface area contributed by atoms with E-state index in [9.17, 15) is 18.8 Å². The topological polar surface area (TPSA) is 95.0 Å². The average Bonchev–Trinajstić information content (AvgIpc) is 3.80. The van der Waals surface area contributed by atoms with Crippen molar-refractivity contribution in [1.82, 2.24) is 10.0 Å². The zero-order valence-electron chi connectivity index (χ0n) is 23.0. The molecule has 0 N–H and O–H groups in total. The SMILES string of the molecule is COc1cc2nccc(Oc3ccc(CC(=O)C4(C(=O)Cc5ccc(F)cc5)CC4)cc3)c2cc1C(=O)N(C)OC. The van der Waals surface area contributed by atoms with Crippen molar-refractivity contribution >= 4 is 28.4 Å². The van der Waals surface area contributed by atoms with Gasteiger partial charge in [0.1, 0.15) is 23.1 Å². The van der Waals surface area contributed by atoms with Crippen LogP contribution in [-0.2, 0) is 27.3 Å². The van der Waals surface area contributed by atoms with Gasteiger partial charge in [0.25, 0.3) is 5.91 Å². The molecule has 1 fully saturated rings. The highest BCUT2D eigenvalue weighted by Crippen LogP contribution is 2.49. The first-order chi connectivity index (χ1) is 19.7. The Labute approximate surface area is 236 Å². The number of benzene rings is 3. The minimum Gasteiger partial charge on any atom is -0.496 e. The molecule has 1 amide bonds. The van der Waals surface area contributed by atoms with Crippen molar-refractivity contribution in [1.29, 1.82) is 0 Å². The Hall–Kier alpha value is -4.63. The second kappa shape index (κ2) is 11.5. The molecule has 0 atom stereocenters. The van der Waals surface area contributed by atoms with Crippen molar-refractivity contribution in [2.45, 2.75) is 25.7 Å². The maximum atomic E-state index is 13.2. The molecule has 0 saturated heterocycles. The molecule has 1 aliphatic rings. The van der Waals surface area contributed by atoms with E-state index < -0.39 is 5.41 Å². The lowest BCUT2D eigenvalue weighted by Crippen LogP contribution is -2.28. The van der Waals surface area contributed by atoms with Crippen LogP contribution < -0.4 is 9.47 Å². The number of hydrogen-bond acceptors (Lipinski definition) is 7. The van der Waals surface area contributed by atoms with E-state index >= 15 is 0 Å². The number of rotatable bonds is 11. The summed E-state index contributed by atoms with van der Waals surface area (Å²) >= 11 is 0. The van der Waals surface area contributed by atoms with Crippen molar-refractivity contribution in [3.8, 4) is 17.2 Å². The lowest BCUT2D eigenvalue weighted by molar-refractivity contribution is -0.133. The molecule has 0 radical (unpaired) electrons. The van der Waals surface area contributed by atoms with Gasteiger partial charge in [0.05, 0.1) is 30.7 Å². The number of halogens is 1. The van der Waals surface area contributed by atoms with E-state index in [0.29, 0.717) is 52.1 Å². The van der Waals surface area contributed by atoms with Gasteiger partial charge < -0.3 is 9.47 Å². The molecule has 210 valence electrons. The summed E-state index contributed by atoms with van der Waals surface area (Å²) in [4.78, 5) is 48.3. The van der Waals surface area contributed by atoms with Crippen molar-refractivity contribution < 1.29 is 33.1 Å². The standard InChI is InChI=1S/C32H29FN2O6/c1-35(40-3)31(38)25-18-24-26(19-28(25)39-2)34-15-12-27(24)41-23-10-6-21(7-11-23)17-30(37)32(13-14-32)29(36)16-20-4-8-22(33)9-5-20/h4-12,15,18-19H,13-14,16-17H2,1-3H3. The molecule has 9 heteroatoms. The molecule has 1 aromatic heterocycles. The molecular weight excluding hydrogens is 527 g/mol. The second-order valence-corrected chi connectivity index (χ2v) is 10.0. The van der Waals surface area contributed by atoms with Gasteiger partial charge >= 0.3 is 0 Å². The number of amides is 1. The van der Waals surface area contributed by atoms with Crippen molar-refractivity contribution in [3.63, 3.8) is 0 Å². The fourth-order valence-corrected chi connectivity index (χ4v) is 4.78. The zero-order valence-corrected chi connectivity index (χ0v) is 23.0. The number of aromatic nitrogens is 1. The van der Waals surface area contributed by atoms with Crippen LogP contribution in [-0.4, -0.2) is 48.8 Å². The fourth-order valence-electron chi connectivity index (χ4n) is 4.78. The van der Waals surface area contributed by atoms with Crippen LogP contribution in [0.15, 0.2) is 72.9 Å². The van der Waals surface area contributed by atoms with Crippen LogP contribution in [0.25, 0.3) is 10.9 Å². The summed E-state index contributed by atoms with van der Waals surface area (Å²) in [6, 6.07) is 17.9. The number of hydroxylamine groups is 2. The quantitative estimate of drug-likeness (QED) is 0.178. The number of ketones is 2. The molecule has 1 heterocycles. The summed E-state index contributed by atoms with van der Waals surface area (Å²) in [7, 11) is 4.38. The Morgan fingerprint density at radius 1 is 0.878 bits per heavy atom. The number of ether oxygens (including phenoxy) is 2. The predicted molar refractivity (Wildman–Crippen MR) is 149 cm³/mol. The third-order valence-electron chi connectivity index (χ3n) is 7.42. The molecule has 41 heavy (non-hydrogen) atoms. The van der Waals surface area contributed by atoms with E-state index in [1.165, 1.54) is 33.4 Å². The van der Waals surface area contributed by atoms with Crippen molar-refractivity contribution in [3.05, 3.63) is 95.4 Å². The summed E-state index contributed by atoms with van der Waals surface area (Å²) < 4.78 is 24.7. The molecule has 0 bridgehead atoms. The van der Waals surface area contributed by atoms with E-state index in [1.54, 1.807) is 60.8 Å². The van der Waals surface area contributed by atoms with Gasteiger partial charge in [-0.15, -0.1) is 0 Å². The molecule has 1 saturated carbocycles. The highest BCUT2D eigenvalue weighted by molar-refractivity contribution is 6.11. The Bertz CT molecular complexity index is 1610. The molecule has 0 aliphatic heterocycles. The first-order valence-corrected chi connectivity index (χ1v) is 13.1. The summed E-state index contributed by atoms with van der Waals surface area (Å²) in [5, 5.41) is 1.71. The molecule has 0 unspecified atom stereocenters.